The van der Waals surface area contributed by atoms with E-state index in [1.807, 2.05) is 6.92 Å². The lowest BCUT2D eigenvalue weighted by molar-refractivity contribution is 1.12. The lowest BCUT2D eigenvalue weighted by Gasteiger charge is -2.06. The first-order valence-corrected chi connectivity index (χ1v) is 4.23. The van der Waals surface area contributed by atoms with Crippen LogP contribution in [0.1, 0.15) is 16.8 Å². The molecule has 3 heteroatoms. The van der Waals surface area contributed by atoms with Crippen molar-refractivity contribution in [2.24, 2.45) is 0 Å². The molecule has 0 N–H and O–H groups in total. The molecule has 0 bridgehead atoms. The van der Waals surface area contributed by atoms with E-state index in [1.165, 1.54) is 11.1 Å². The number of aromatic nitrogens is 3. The Morgan fingerprint density at radius 3 is 2.62 bits per heavy atom. The number of pyridine rings is 1. The zero-order valence-electron chi connectivity index (χ0n) is 8.00. The number of rotatable bonds is 0. The van der Waals surface area contributed by atoms with Gasteiger partial charge in [-0.25, -0.2) is 15.0 Å². The zero-order valence-corrected chi connectivity index (χ0v) is 8.00. The topological polar surface area (TPSA) is 38.7 Å². The van der Waals surface area contributed by atoms with Crippen LogP contribution < -0.4 is 0 Å². The molecule has 0 aliphatic carbocycles. The van der Waals surface area contributed by atoms with E-state index in [-0.39, 0.29) is 0 Å². The molecular weight excluding hydrogens is 162 g/mol. The van der Waals surface area contributed by atoms with Gasteiger partial charge in [0.05, 0.1) is 11.7 Å². The van der Waals surface area contributed by atoms with Crippen LogP contribution in [0.15, 0.2) is 12.5 Å². The second kappa shape index (κ2) is 2.76. The van der Waals surface area contributed by atoms with E-state index in [4.69, 9.17) is 0 Å². The minimum Gasteiger partial charge on any atom is -0.250 e. The number of hydrogen-bond acceptors (Lipinski definition) is 3. The lowest BCUT2D eigenvalue weighted by Crippen LogP contribution is -1.95. The number of aryl methyl sites for hydroxylation is 2. The lowest BCUT2D eigenvalue weighted by atomic mass is 10.1. The highest BCUT2D eigenvalue weighted by molar-refractivity contribution is 5.77. The minimum atomic E-state index is 0.878. The van der Waals surface area contributed by atoms with E-state index in [9.17, 15) is 0 Å². The molecule has 0 unspecified atom stereocenters. The molecule has 0 spiro atoms. The maximum absolute atomic E-state index is 4.41. The Hall–Kier alpha value is -1.51. The molecule has 66 valence electrons. The van der Waals surface area contributed by atoms with E-state index >= 15 is 0 Å². The monoisotopic (exact) mass is 173 g/mol. The van der Waals surface area contributed by atoms with E-state index in [0.29, 0.717) is 0 Å². The molecule has 0 aliphatic rings. The van der Waals surface area contributed by atoms with Crippen LogP contribution in [0, 0.1) is 20.8 Å². The molecule has 0 radical (unpaired) electrons. The van der Waals surface area contributed by atoms with Gasteiger partial charge in [-0.2, -0.15) is 0 Å². The maximum atomic E-state index is 4.41. The van der Waals surface area contributed by atoms with Crippen LogP contribution in [0.5, 0.6) is 0 Å². The number of hydrogen-bond donors (Lipinski definition) is 0. The molecular formula is C10H11N3. The molecule has 13 heavy (non-hydrogen) atoms. The Morgan fingerprint density at radius 2 is 1.85 bits per heavy atom. The van der Waals surface area contributed by atoms with Crippen LogP contribution in [-0.2, 0) is 0 Å². The molecule has 0 aliphatic heterocycles. The van der Waals surface area contributed by atoms with Crippen molar-refractivity contribution in [2.75, 3.05) is 0 Å². The molecule has 0 fully saturated rings. The number of fused-ring (bicyclic) bond motifs is 1. The quantitative estimate of drug-likeness (QED) is 0.611. The Kier molecular flexibility index (Phi) is 1.72. The van der Waals surface area contributed by atoms with Crippen molar-refractivity contribution in [3.63, 3.8) is 0 Å². The van der Waals surface area contributed by atoms with Gasteiger partial charge >= 0.3 is 0 Å². The van der Waals surface area contributed by atoms with Gasteiger partial charge in [0.1, 0.15) is 11.8 Å². The highest BCUT2D eigenvalue weighted by Crippen LogP contribution is 2.18. The van der Waals surface area contributed by atoms with Crippen LogP contribution in [0.4, 0.5) is 0 Å². The van der Waals surface area contributed by atoms with Gasteiger partial charge in [0.2, 0.25) is 0 Å². The molecule has 2 aromatic heterocycles. The first kappa shape index (κ1) is 8.10. The molecule has 0 saturated carbocycles. The molecule has 2 rings (SSSR count). The fourth-order valence-corrected chi connectivity index (χ4v) is 1.41. The normalized spacial score (nSPS) is 10.7. The van der Waals surface area contributed by atoms with Crippen LogP contribution in [-0.4, -0.2) is 15.0 Å². The van der Waals surface area contributed by atoms with Crippen LogP contribution in [0.3, 0.4) is 0 Å². The highest BCUT2D eigenvalue weighted by Gasteiger charge is 2.05. The van der Waals surface area contributed by atoms with E-state index in [1.54, 1.807) is 12.5 Å². The third kappa shape index (κ3) is 1.16. The van der Waals surface area contributed by atoms with Crippen molar-refractivity contribution in [2.45, 2.75) is 20.8 Å². The van der Waals surface area contributed by atoms with Gasteiger partial charge in [-0.15, -0.1) is 0 Å². The summed E-state index contributed by atoms with van der Waals surface area (Å²) in [6, 6.07) is 0. The van der Waals surface area contributed by atoms with Gasteiger partial charge < -0.3 is 0 Å². The van der Waals surface area contributed by atoms with Gasteiger partial charge in [0.25, 0.3) is 0 Å². The van der Waals surface area contributed by atoms with Gasteiger partial charge in [-0.05, 0) is 31.9 Å². The van der Waals surface area contributed by atoms with Crippen molar-refractivity contribution in [3.05, 3.63) is 29.3 Å². The summed E-state index contributed by atoms with van der Waals surface area (Å²) >= 11 is 0. The first-order chi connectivity index (χ1) is 6.20. The third-order valence-corrected chi connectivity index (χ3v) is 2.44. The van der Waals surface area contributed by atoms with Gasteiger partial charge in [-0.3, -0.25) is 0 Å². The first-order valence-electron chi connectivity index (χ1n) is 4.23. The predicted octanol–water partition coefficient (Wildman–Crippen LogP) is 1.95. The highest BCUT2D eigenvalue weighted by atomic mass is 14.9. The van der Waals surface area contributed by atoms with Crippen molar-refractivity contribution in [3.8, 4) is 0 Å². The molecule has 0 saturated heterocycles. The molecule has 0 atom stereocenters. The average molecular weight is 173 g/mol. The summed E-state index contributed by atoms with van der Waals surface area (Å²) in [4.78, 5) is 12.6. The van der Waals surface area contributed by atoms with Crippen molar-refractivity contribution in [1.29, 1.82) is 0 Å². The summed E-state index contributed by atoms with van der Waals surface area (Å²) in [5, 5.41) is 0. The fraction of sp³-hybridized carbons (Fsp3) is 0.300. The molecule has 0 aromatic carbocycles. The Morgan fingerprint density at radius 1 is 1.08 bits per heavy atom. The maximum Gasteiger partial charge on any atom is 0.116 e. The Bertz CT molecular complexity index is 463. The van der Waals surface area contributed by atoms with Gasteiger partial charge in [-0.1, -0.05) is 0 Å². The van der Waals surface area contributed by atoms with E-state index in [0.717, 1.165) is 16.7 Å². The summed E-state index contributed by atoms with van der Waals surface area (Å²) in [5.41, 5.74) is 5.30. The number of nitrogens with zero attached hydrogens (tertiary/aromatic N) is 3. The van der Waals surface area contributed by atoms with Crippen molar-refractivity contribution >= 4 is 11.0 Å². The molecule has 0 amide bonds. The smallest absolute Gasteiger partial charge is 0.116 e. The largest absolute Gasteiger partial charge is 0.250 e. The predicted molar refractivity (Wildman–Crippen MR) is 51.5 cm³/mol. The summed E-state index contributed by atoms with van der Waals surface area (Å²) in [6.45, 7) is 6.15. The van der Waals surface area contributed by atoms with Gasteiger partial charge in [0, 0.05) is 5.69 Å². The second-order valence-electron chi connectivity index (χ2n) is 3.20. The molecule has 2 aromatic rings. The van der Waals surface area contributed by atoms with E-state index in [2.05, 4.69) is 28.8 Å². The Balaban J connectivity index is 2.94. The average Bonchev–Trinajstić information content (AvgIpc) is 2.15. The standard InChI is InChI=1S/C10H11N3/c1-6-7(2)10-9(13-8(6)3)4-11-5-12-10/h4-5H,1-3H3. The summed E-state index contributed by atoms with van der Waals surface area (Å²) in [7, 11) is 0. The Labute approximate surface area is 76.9 Å². The molecule has 3 nitrogen and oxygen atoms in total. The summed E-state index contributed by atoms with van der Waals surface area (Å²) < 4.78 is 0. The second-order valence-corrected chi connectivity index (χ2v) is 3.20. The summed E-state index contributed by atoms with van der Waals surface area (Å²) in [6.07, 6.45) is 3.31. The minimum absolute atomic E-state index is 0.878. The SMILES string of the molecule is Cc1nc2cncnc2c(C)c1C. The fourth-order valence-electron chi connectivity index (χ4n) is 1.41. The third-order valence-electron chi connectivity index (χ3n) is 2.44. The summed E-state index contributed by atoms with van der Waals surface area (Å²) in [5.74, 6) is 0. The van der Waals surface area contributed by atoms with Gasteiger partial charge in [0.15, 0.2) is 0 Å². The van der Waals surface area contributed by atoms with Crippen LogP contribution in [0.25, 0.3) is 11.0 Å². The van der Waals surface area contributed by atoms with Crippen molar-refractivity contribution in [1.82, 2.24) is 15.0 Å². The van der Waals surface area contributed by atoms with Crippen molar-refractivity contribution < 1.29 is 0 Å². The van der Waals surface area contributed by atoms with Crippen LogP contribution >= 0.6 is 0 Å². The van der Waals surface area contributed by atoms with E-state index < -0.39 is 0 Å². The zero-order chi connectivity index (χ0) is 9.42. The molecule has 2 heterocycles. The van der Waals surface area contributed by atoms with Crippen LogP contribution in [0.2, 0.25) is 0 Å².